The summed E-state index contributed by atoms with van der Waals surface area (Å²) in [6.45, 7) is 1.02. The van der Waals surface area contributed by atoms with Crippen LogP contribution in [0.3, 0.4) is 0 Å². The van der Waals surface area contributed by atoms with Gasteiger partial charge >= 0.3 is 0 Å². The van der Waals surface area contributed by atoms with Gasteiger partial charge in [0, 0.05) is 32.4 Å². The van der Waals surface area contributed by atoms with Gasteiger partial charge in [0.05, 0.1) is 21.7 Å². The number of fused-ring (bicyclic) bond motifs is 1. The van der Waals surface area contributed by atoms with E-state index < -0.39 is 9.84 Å². The summed E-state index contributed by atoms with van der Waals surface area (Å²) in [5.74, 6) is 0.0102. The number of ether oxygens (including phenoxy) is 1. The van der Waals surface area contributed by atoms with Gasteiger partial charge in [0.2, 0.25) is 5.91 Å². The number of aromatic nitrogens is 1. The molecule has 0 radical (unpaired) electrons. The van der Waals surface area contributed by atoms with E-state index in [9.17, 15) is 13.2 Å². The Kier molecular flexibility index (Phi) is 6.05. The molecule has 1 amide bonds. The van der Waals surface area contributed by atoms with Crippen LogP contribution in [0.25, 0.3) is 16.3 Å². The summed E-state index contributed by atoms with van der Waals surface area (Å²) < 4.78 is 29.7. The van der Waals surface area contributed by atoms with Crippen molar-refractivity contribution >= 4 is 43.4 Å². The van der Waals surface area contributed by atoms with Crippen LogP contribution >= 0.6 is 11.3 Å². The van der Waals surface area contributed by atoms with Crippen LogP contribution in [0.4, 0.5) is 0 Å². The Labute approximate surface area is 157 Å². The molecule has 6 nitrogen and oxygen atoms in total. The predicted octanol–water partition coefficient (Wildman–Crippen LogP) is 2.36. The largest absolute Gasteiger partial charge is 0.385 e. The van der Waals surface area contributed by atoms with Gasteiger partial charge in [0.15, 0.2) is 9.84 Å². The van der Waals surface area contributed by atoms with Gasteiger partial charge in [0.1, 0.15) is 5.01 Å². The van der Waals surface area contributed by atoms with Crippen molar-refractivity contribution in [1.82, 2.24) is 9.88 Å². The van der Waals surface area contributed by atoms with Crippen LogP contribution in [-0.4, -0.2) is 62.0 Å². The second-order valence-electron chi connectivity index (χ2n) is 6.29. The zero-order chi connectivity index (χ0) is 18.6. The Hall–Kier alpha value is -1.77. The molecule has 1 aromatic carbocycles. The van der Waals surface area contributed by atoms with Crippen molar-refractivity contribution in [3.63, 3.8) is 0 Å². The van der Waals surface area contributed by atoms with Gasteiger partial charge in [-0.15, -0.1) is 11.3 Å². The molecule has 26 heavy (non-hydrogen) atoms. The number of carbonyl (C=O) groups is 1. The van der Waals surface area contributed by atoms with E-state index in [2.05, 4.69) is 4.98 Å². The van der Waals surface area contributed by atoms with E-state index in [0.29, 0.717) is 26.0 Å². The van der Waals surface area contributed by atoms with Crippen LogP contribution in [-0.2, 0) is 19.4 Å². The highest BCUT2D eigenvalue weighted by Gasteiger charge is 2.33. The fourth-order valence-electron chi connectivity index (χ4n) is 3.07. The van der Waals surface area contributed by atoms with Crippen molar-refractivity contribution in [2.24, 2.45) is 0 Å². The maximum absolute atomic E-state index is 12.7. The van der Waals surface area contributed by atoms with Crippen LogP contribution in [0.5, 0.6) is 0 Å². The first-order valence-corrected chi connectivity index (χ1v) is 11.2. The smallest absolute Gasteiger partial charge is 0.246 e. The second kappa shape index (κ2) is 8.28. The molecule has 2 aromatic rings. The van der Waals surface area contributed by atoms with Crippen molar-refractivity contribution in [2.75, 3.05) is 31.8 Å². The molecule has 1 fully saturated rings. The van der Waals surface area contributed by atoms with Gasteiger partial charge in [-0.2, -0.15) is 0 Å². The van der Waals surface area contributed by atoms with E-state index in [1.807, 2.05) is 24.3 Å². The molecule has 1 aliphatic heterocycles. The number of rotatable bonds is 7. The van der Waals surface area contributed by atoms with Crippen molar-refractivity contribution in [1.29, 1.82) is 0 Å². The minimum atomic E-state index is -3.05. The average molecular weight is 395 g/mol. The molecule has 0 N–H and O–H groups in total. The predicted molar refractivity (Wildman–Crippen MR) is 104 cm³/mol. The second-order valence-corrected chi connectivity index (χ2v) is 9.58. The maximum Gasteiger partial charge on any atom is 0.246 e. The normalized spacial score (nSPS) is 19.3. The zero-order valence-corrected chi connectivity index (χ0v) is 16.3. The lowest BCUT2D eigenvalue weighted by Crippen LogP contribution is -2.41. The van der Waals surface area contributed by atoms with E-state index in [4.69, 9.17) is 4.74 Å². The topological polar surface area (TPSA) is 76.6 Å². The molecule has 0 spiro atoms. The number of para-hydroxylation sites is 1. The van der Waals surface area contributed by atoms with Gasteiger partial charge < -0.3 is 9.64 Å². The summed E-state index contributed by atoms with van der Waals surface area (Å²) in [7, 11) is -1.44. The van der Waals surface area contributed by atoms with Crippen LogP contribution in [0.1, 0.15) is 17.8 Å². The number of hydrogen-bond donors (Lipinski definition) is 0. The van der Waals surface area contributed by atoms with E-state index >= 15 is 0 Å². The number of benzene rings is 1. The molecule has 3 rings (SSSR count). The third-order valence-corrected chi connectivity index (χ3v) is 7.11. The van der Waals surface area contributed by atoms with Crippen molar-refractivity contribution in [3.8, 4) is 0 Å². The quantitative estimate of drug-likeness (QED) is 0.532. The highest BCUT2D eigenvalue weighted by atomic mass is 32.2. The standard InChI is InChI=1S/C18H22N2O4S2/c1-24-11-4-10-20(14-9-12-26(22,23)13-14)18(21)8-7-17-19-15-5-2-3-6-16(15)25-17/h2-3,5-8,14H,4,9-13H2,1H3/b8-7+. The highest BCUT2D eigenvalue weighted by Crippen LogP contribution is 2.23. The molecular formula is C18H22N2O4S2. The lowest BCUT2D eigenvalue weighted by Gasteiger charge is -2.27. The van der Waals surface area contributed by atoms with Gasteiger partial charge in [-0.1, -0.05) is 12.1 Å². The molecule has 1 atom stereocenters. The van der Waals surface area contributed by atoms with Gasteiger partial charge in [0.25, 0.3) is 0 Å². The Bertz CT molecular complexity index is 872. The van der Waals surface area contributed by atoms with Crippen LogP contribution < -0.4 is 0 Å². The van der Waals surface area contributed by atoms with Crippen LogP contribution in [0.2, 0.25) is 0 Å². The first-order chi connectivity index (χ1) is 12.5. The first-order valence-electron chi connectivity index (χ1n) is 8.52. The minimum absolute atomic E-state index is 0.0424. The van der Waals surface area contributed by atoms with Crippen molar-refractivity contribution in [2.45, 2.75) is 18.9 Å². The summed E-state index contributed by atoms with van der Waals surface area (Å²) >= 11 is 1.52. The molecule has 0 bridgehead atoms. The molecule has 1 aliphatic rings. The summed E-state index contributed by atoms with van der Waals surface area (Å²) in [6, 6.07) is 7.55. The molecule has 1 saturated heterocycles. The average Bonchev–Trinajstić information content (AvgIpc) is 3.19. The van der Waals surface area contributed by atoms with E-state index in [0.717, 1.165) is 15.2 Å². The molecular weight excluding hydrogens is 372 g/mol. The fourth-order valence-corrected chi connectivity index (χ4v) is 5.67. The molecule has 8 heteroatoms. The zero-order valence-electron chi connectivity index (χ0n) is 14.6. The number of thiazole rings is 1. The Morgan fingerprint density at radius 2 is 2.23 bits per heavy atom. The number of hydrogen-bond acceptors (Lipinski definition) is 6. The number of nitrogens with zero attached hydrogens (tertiary/aromatic N) is 2. The molecule has 140 valence electrons. The number of methoxy groups -OCH3 is 1. The maximum atomic E-state index is 12.7. The first kappa shape index (κ1) is 19.0. The summed E-state index contributed by atoms with van der Waals surface area (Å²) in [4.78, 5) is 18.8. The van der Waals surface area contributed by atoms with E-state index in [1.165, 1.54) is 17.4 Å². The lowest BCUT2D eigenvalue weighted by molar-refractivity contribution is -0.127. The molecule has 2 heterocycles. The van der Waals surface area contributed by atoms with Crippen molar-refractivity contribution < 1.29 is 17.9 Å². The molecule has 1 unspecified atom stereocenters. The van der Waals surface area contributed by atoms with Crippen LogP contribution in [0, 0.1) is 0 Å². The third-order valence-electron chi connectivity index (χ3n) is 4.36. The number of amides is 1. The number of carbonyl (C=O) groups excluding carboxylic acids is 1. The summed E-state index contributed by atoms with van der Waals surface area (Å²) in [5, 5.41) is 0.760. The van der Waals surface area contributed by atoms with Gasteiger partial charge in [-0.25, -0.2) is 13.4 Å². The van der Waals surface area contributed by atoms with Crippen molar-refractivity contribution in [3.05, 3.63) is 35.3 Å². The minimum Gasteiger partial charge on any atom is -0.385 e. The number of sulfone groups is 1. The third kappa shape index (κ3) is 4.69. The Balaban J connectivity index is 1.73. The van der Waals surface area contributed by atoms with Gasteiger partial charge in [-0.05, 0) is 31.1 Å². The SMILES string of the molecule is COCCCN(C(=O)/C=C/c1nc2ccccc2s1)C1CCS(=O)(=O)C1. The van der Waals surface area contributed by atoms with E-state index in [1.54, 1.807) is 18.1 Å². The molecule has 0 aliphatic carbocycles. The summed E-state index contributed by atoms with van der Waals surface area (Å²) in [5.41, 5.74) is 0.906. The molecule has 0 saturated carbocycles. The fraction of sp³-hybridized carbons (Fsp3) is 0.444. The molecule has 1 aromatic heterocycles. The van der Waals surface area contributed by atoms with Gasteiger partial charge in [-0.3, -0.25) is 4.79 Å². The van der Waals surface area contributed by atoms with Crippen LogP contribution in [0.15, 0.2) is 30.3 Å². The Morgan fingerprint density at radius 3 is 2.92 bits per heavy atom. The highest BCUT2D eigenvalue weighted by molar-refractivity contribution is 7.91. The Morgan fingerprint density at radius 1 is 1.42 bits per heavy atom. The summed E-state index contributed by atoms with van der Waals surface area (Å²) in [6.07, 6.45) is 4.37. The van der Waals surface area contributed by atoms with E-state index in [-0.39, 0.29) is 23.5 Å². The monoisotopic (exact) mass is 394 g/mol. The lowest BCUT2D eigenvalue weighted by atomic mass is 10.2.